The van der Waals surface area contributed by atoms with E-state index in [0.717, 1.165) is 30.7 Å². The van der Waals surface area contributed by atoms with Crippen molar-refractivity contribution in [3.8, 4) is 0 Å². The standard InChI is InChI=1S/C13H23N3/c1-10(2)8-14-9-12-4-5-13(12)16-7-6-15-11(16)3/h6-7,10,12-14H,4-5,8-9H2,1-3H3. The third kappa shape index (κ3) is 2.46. The summed E-state index contributed by atoms with van der Waals surface area (Å²) < 4.78 is 2.34. The number of aromatic nitrogens is 2. The molecule has 2 rings (SSSR count). The molecule has 16 heavy (non-hydrogen) atoms. The second-order valence-corrected chi connectivity index (χ2v) is 5.34. The number of hydrogen-bond donors (Lipinski definition) is 1. The van der Waals surface area contributed by atoms with Gasteiger partial charge in [0.2, 0.25) is 0 Å². The molecule has 1 aliphatic rings. The molecule has 0 bridgehead atoms. The lowest BCUT2D eigenvalue weighted by atomic mass is 9.79. The maximum absolute atomic E-state index is 4.31. The van der Waals surface area contributed by atoms with E-state index in [0.29, 0.717) is 6.04 Å². The molecule has 1 aliphatic carbocycles. The Morgan fingerprint density at radius 1 is 1.50 bits per heavy atom. The largest absolute Gasteiger partial charge is 0.332 e. The van der Waals surface area contributed by atoms with Crippen molar-refractivity contribution in [2.75, 3.05) is 13.1 Å². The molecule has 1 aromatic heterocycles. The monoisotopic (exact) mass is 221 g/mol. The molecule has 3 nitrogen and oxygen atoms in total. The van der Waals surface area contributed by atoms with Crippen molar-refractivity contribution in [1.29, 1.82) is 0 Å². The van der Waals surface area contributed by atoms with Crippen LogP contribution in [-0.2, 0) is 0 Å². The molecule has 0 spiro atoms. The van der Waals surface area contributed by atoms with Crippen LogP contribution < -0.4 is 5.32 Å². The van der Waals surface area contributed by atoms with Gasteiger partial charge in [0.05, 0.1) is 0 Å². The van der Waals surface area contributed by atoms with Gasteiger partial charge in [-0.05, 0) is 44.7 Å². The highest BCUT2D eigenvalue weighted by Gasteiger charge is 2.32. The molecule has 1 heterocycles. The first-order chi connectivity index (χ1) is 7.68. The zero-order valence-electron chi connectivity index (χ0n) is 10.6. The van der Waals surface area contributed by atoms with Gasteiger partial charge in [0, 0.05) is 18.4 Å². The van der Waals surface area contributed by atoms with Gasteiger partial charge in [-0.1, -0.05) is 13.8 Å². The van der Waals surface area contributed by atoms with Crippen molar-refractivity contribution >= 4 is 0 Å². The molecule has 90 valence electrons. The molecule has 1 N–H and O–H groups in total. The quantitative estimate of drug-likeness (QED) is 0.827. The summed E-state index contributed by atoms with van der Waals surface area (Å²) in [6, 6.07) is 0.683. The Balaban J connectivity index is 1.82. The molecular formula is C13H23N3. The maximum atomic E-state index is 4.31. The molecule has 0 radical (unpaired) electrons. The van der Waals surface area contributed by atoms with Crippen LogP contribution in [0.4, 0.5) is 0 Å². The second kappa shape index (κ2) is 5.00. The summed E-state index contributed by atoms with van der Waals surface area (Å²) in [7, 11) is 0. The third-order valence-corrected chi connectivity index (χ3v) is 3.56. The van der Waals surface area contributed by atoms with Crippen LogP contribution in [-0.4, -0.2) is 22.6 Å². The van der Waals surface area contributed by atoms with Crippen LogP contribution in [0.2, 0.25) is 0 Å². The summed E-state index contributed by atoms with van der Waals surface area (Å²) in [6.07, 6.45) is 6.69. The Morgan fingerprint density at radius 2 is 2.31 bits per heavy atom. The normalized spacial score (nSPS) is 24.8. The molecule has 0 aromatic carbocycles. The summed E-state index contributed by atoms with van der Waals surface area (Å²) in [5.41, 5.74) is 0. The van der Waals surface area contributed by atoms with Gasteiger partial charge in [0.1, 0.15) is 5.82 Å². The Labute approximate surface area is 98.3 Å². The topological polar surface area (TPSA) is 29.9 Å². The number of aryl methyl sites for hydroxylation is 1. The van der Waals surface area contributed by atoms with E-state index in [1.165, 1.54) is 12.8 Å². The van der Waals surface area contributed by atoms with Gasteiger partial charge in [-0.3, -0.25) is 0 Å². The molecule has 0 saturated heterocycles. The van der Waals surface area contributed by atoms with Crippen LogP contribution in [0.5, 0.6) is 0 Å². The average molecular weight is 221 g/mol. The highest BCUT2D eigenvalue weighted by Crippen LogP contribution is 2.38. The van der Waals surface area contributed by atoms with Gasteiger partial charge < -0.3 is 9.88 Å². The smallest absolute Gasteiger partial charge is 0.105 e. The summed E-state index contributed by atoms with van der Waals surface area (Å²) in [6.45, 7) is 8.89. The van der Waals surface area contributed by atoms with Crippen LogP contribution in [0.1, 0.15) is 38.6 Å². The molecule has 0 aliphatic heterocycles. The van der Waals surface area contributed by atoms with Crippen molar-refractivity contribution in [3.63, 3.8) is 0 Å². The SMILES string of the molecule is Cc1nccn1C1CCC1CNCC(C)C. The van der Waals surface area contributed by atoms with Gasteiger partial charge in [0.25, 0.3) is 0 Å². The molecule has 1 saturated carbocycles. The minimum Gasteiger partial charge on any atom is -0.332 e. The van der Waals surface area contributed by atoms with Gasteiger partial charge in [-0.15, -0.1) is 0 Å². The lowest BCUT2D eigenvalue weighted by Gasteiger charge is -2.38. The van der Waals surface area contributed by atoms with E-state index in [2.05, 4.69) is 41.8 Å². The van der Waals surface area contributed by atoms with Gasteiger partial charge in [-0.25, -0.2) is 4.98 Å². The van der Waals surface area contributed by atoms with Crippen molar-refractivity contribution in [2.45, 2.75) is 39.7 Å². The molecule has 3 heteroatoms. The Kier molecular flexibility index (Phi) is 3.64. The molecule has 2 atom stereocenters. The lowest BCUT2D eigenvalue weighted by Crippen LogP contribution is -2.38. The van der Waals surface area contributed by atoms with E-state index >= 15 is 0 Å². The van der Waals surface area contributed by atoms with Crippen LogP contribution in [0.25, 0.3) is 0 Å². The first-order valence-electron chi connectivity index (χ1n) is 6.38. The summed E-state index contributed by atoms with van der Waals surface area (Å²) in [5, 5.41) is 3.56. The van der Waals surface area contributed by atoms with E-state index in [-0.39, 0.29) is 0 Å². The molecule has 1 fully saturated rings. The van der Waals surface area contributed by atoms with E-state index in [4.69, 9.17) is 0 Å². The van der Waals surface area contributed by atoms with Crippen molar-refractivity contribution in [2.24, 2.45) is 11.8 Å². The number of nitrogens with zero attached hydrogens (tertiary/aromatic N) is 2. The fraction of sp³-hybridized carbons (Fsp3) is 0.769. The zero-order chi connectivity index (χ0) is 11.5. The van der Waals surface area contributed by atoms with Crippen LogP contribution in [0.15, 0.2) is 12.4 Å². The van der Waals surface area contributed by atoms with Gasteiger partial charge in [0.15, 0.2) is 0 Å². The Bertz CT molecular complexity index is 330. The number of hydrogen-bond acceptors (Lipinski definition) is 2. The minimum absolute atomic E-state index is 0.683. The fourth-order valence-electron chi connectivity index (χ4n) is 2.45. The number of rotatable bonds is 5. The van der Waals surface area contributed by atoms with Crippen LogP contribution in [0.3, 0.4) is 0 Å². The second-order valence-electron chi connectivity index (χ2n) is 5.34. The van der Waals surface area contributed by atoms with E-state index in [1.807, 2.05) is 6.20 Å². The number of nitrogens with one attached hydrogen (secondary N) is 1. The number of imidazole rings is 1. The van der Waals surface area contributed by atoms with Crippen molar-refractivity contribution in [1.82, 2.24) is 14.9 Å². The van der Waals surface area contributed by atoms with E-state index in [1.54, 1.807) is 0 Å². The predicted molar refractivity (Wildman–Crippen MR) is 66.4 cm³/mol. The third-order valence-electron chi connectivity index (χ3n) is 3.56. The average Bonchev–Trinajstić information content (AvgIpc) is 2.58. The van der Waals surface area contributed by atoms with Crippen LogP contribution >= 0.6 is 0 Å². The predicted octanol–water partition coefficient (Wildman–Crippen LogP) is 2.39. The maximum Gasteiger partial charge on any atom is 0.105 e. The lowest BCUT2D eigenvalue weighted by molar-refractivity contribution is 0.173. The van der Waals surface area contributed by atoms with Crippen LogP contribution in [0, 0.1) is 18.8 Å². The fourth-order valence-corrected chi connectivity index (χ4v) is 2.45. The first-order valence-corrected chi connectivity index (χ1v) is 6.38. The molecule has 0 amide bonds. The Hall–Kier alpha value is -0.830. The molecule has 1 aromatic rings. The van der Waals surface area contributed by atoms with Gasteiger partial charge >= 0.3 is 0 Å². The highest BCUT2D eigenvalue weighted by atomic mass is 15.1. The zero-order valence-corrected chi connectivity index (χ0v) is 10.6. The summed E-state index contributed by atoms with van der Waals surface area (Å²) in [5.74, 6) is 2.69. The molecular weight excluding hydrogens is 198 g/mol. The Morgan fingerprint density at radius 3 is 2.81 bits per heavy atom. The van der Waals surface area contributed by atoms with Gasteiger partial charge in [-0.2, -0.15) is 0 Å². The van der Waals surface area contributed by atoms with Crippen molar-refractivity contribution in [3.05, 3.63) is 18.2 Å². The first kappa shape index (κ1) is 11.6. The van der Waals surface area contributed by atoms with E-state index < -0.39 is 0 Å². The van der Waals surface area contributed by atoms with E-state index in [9.17, 15) is 0 Å². The highest BCUT2D eigenvalue weighted by molar-refractivity contribution is 4.98. The minimum atomic E-state index is 0.683. The summed E-state index contributed by atoms with van der Waals surface area (Å²) >= 11 is 0. The molecule has 2 unspecified atom stereocenters. The summed E-state index contributed by atoms with van der Waals surface area (Å²) in [4.78, 5) is 4.31. The van der Waals surface area contributed by atoms with Crippen molar-refractivity contribution < 1.29 is 0 Å².